The Labute approximate surface area is 170 Å². The second kappa shape index (κ2) is 8.91. The van der Waals surface area contributed by atoms with Gasteiger partial charge in [-0.05, 0) is 66.9 Å². The Hall–Kier alpha value is -3.14. The fourth-order valence-electron chi connectivity index (χ4n) is 3.81. The molecule has 4 heteroatoms. The van der Waals surface area contributed by atoms with Crippen molar-refractivity contribution in [1.29, 1.82) is 0 Å². The quantitative estimate of drug-likeness (QED) is 0.545. The SMILES string of the molecule is O=C(c1ccc(Oc2ccccc2)cc1)N1CCCCC(c2ccc(F)cc2)C1. The third kappa shape index (κ3) is 4.83. The fraction of sp³-hybridized carbons (Fsp3) is 0.240. The number of likely N-dealkylation sites (tertiary alicyclic amines) is 1. The summed E-state index contributed by atoms with van der Waals surface area (Å²) in [6.45, 7) is 1.41. The number of hydrogen-bond acceptors (Lipinski definition) is 2. The van der Waals surface area contributed by atoms with Crippen molar-refractivity contribution >= 4 is 5.91 Å². The highest BCUT2D eigenvalue weighted by Gasteiger charge is 2.24. The van der Waals surface area contributed by atoms with E-state index in [0.717, 1.165) is 37.1 Å². The van der Waals surface area contributed by atoms with Crippen LogP contribution in [0.4, 0.5) is 4.39 Å². The van der Waals surface area contributed by atoms with E-state index in [1.165, 1.54) is 12.1 Å². The summed E-state index contributed by atoms with van der Waals surface area (Å²) >= 11 is 0. The van der Waals surface area contributed by atoms with Crippen LogP contribution < -0.4 is 4.74 Å². The molecule has 1 aliphatic heterocycles. The number of amides is 1. The molecule has 4 rings (SSSR count). The summed E-state index contributed by atoms with van der Waals surface area (Å²) in [6, 6.07) is 23.5. The number of rotatable bonds is 4. The van der Waals surface area contributed by atoms with Crippen LogP contribution in [0, 0.1) is 5.82 Å². The molecule has 1 atom stereocenters. The van der Waals surface area contributed by atoms with Crippen molar-refractivity contribution in [3.05, 3.63) is 95.8 Å². The molecule has 1 amide bonds. The molecule has 0 aliphatic carbocycles. The van der Waals surface area contributed by atoms with Crippen molar-refractivity contribution in [2.45, 2.75) is 25.2 Å². The van der Waals surface area contributed by atoms with Gasteiger partial charge < -0.3 is 9.64 Å². The lowest BCUT2D eigenvalue weighted by Gasteiger charge is -2.25. The van der Waals surface area contributed by atoms with Crippen LogP contribution in [0.15, 0.2) is 78.9 Å². The van der Waals surface area contributed by atoms with E-state index in [2.05, 4.69) is 0 Å². The summed E-state index contributed by atoms with van der Waals surface area (Å²) in [7, 11) is 0. The molecule has 0 radical (unpaired) electrons. The topological polar surface area (TPSA) is 29.5 Å². The van der Waals surface area contributed by atoms with E-state index in [1.54, 1.807) is 0 Å². The Morgan fingerprint density at radius 2 is 1.55 bits per heavy atom. The van der Waals surface area contributed by atoms with Crippen LogP contribution in [0.5, 0.6) is 11.5 Å². The lowest BCUT2D eigenvalue weighted by atomic mass is 9.94. The number of nitrogens with zero attached hydrogens (tertiary/aromatic N) is 1. The highest BCUT2D eigenvalue weighted by atomic mass is 19.1. The van der Waals surface area contributed by atoms with Crippen LogP contribution in [-0.2, 0) is 0 Å². The van der Waals surface area contributed by atoms with Crippen molar-refractivity contribution in [1.82, 2.24) is 4.90 Å². The standard InChI is InChI=1S/C25H24FNO2/c26-22-13-9-19(10-14-22)21-6-4-5-17-27(18-21)25(28)20-11-15-24(16-12-20)29-23-7-2-1-3-8-23/h1-3,7-16,21H,4-6,17-18H2. The van der Waals surface area contributed by atoms with Crippen molar-refractivity contribution in [3.63, 3.8) is 0 Å². The van der Waals surface area contributed by atoms with Crippen LogP contribution >= 0.6 is 0 Å². The number of carbonyl (C=O) groups is 1. The van der Waals surface area contributed by atoms with Crippen LogP contribution in [0.1, 0.15) is 41.1 Å². The van der Waals surface area contributed by atoms with E-state index < -0.39 is 0 Å². The average Bonchev–Trinajstić information content (AvgIpc) is 3.01. The predicted molar refractivity (Wildman–Crippen MR) is 112 cm³/mol. The fourth-order valence-corrected chi connectivity index (χ4v) is 3.81. The summed E-state index contributed by atoms with van der Waals surface area (Å²) in [4.78, 5) is 15.0. The molecule has 3 aromatic rings. The monoisotopic (exact) mass is 389 g/mol. The zero-order valence-corrected chi connectivity index (χ0v) is 16.3. The summed E-state index contributed by atoms with van der Waals surface area (Å²) in [5.74, 6) is 1.51. The first-order chi connectivity index (χ1) is 14.2. The maximum Gasteiger partial charge on any atom is 0.253 e. The van der Waals surface area contributed by atoms with Crippen LogP contribution in [0.2, 0.25) is 0 Å². The van der Waals surface area contributed by atoms with Gasteiger partial charge >= 0.3 is 0 Å². The molecule has 148 valence electrons. The van der Waals surface area contributed by atoms with E-state index in [9.17, 15) is 9.18 Å². The molecule has 0 saturated carbocycles. The van der Waals surface area contributed by atoms with Gasteiger partial charge in [-0.25, -0.2) is 4.39 Å². The van der Waals surface area contributed by atoms with Crippen molar-refractivity contribution in [2.75, 3.05) is 13.1 Å². The zero-order chi connectivity index (χ0) is 20.1. The van der Waals surface area contributed by atoms with Crippen LogP contribution in [0.3, 0.4) is 0 Å². The molecule has 1 fully saturated rings. The van der Waals surface area contributed by atoms with E-state index in [1.807, 2.05) is 71.6 Å². The Bertz CT molecular complexity index is 939. The molecule has 0 N–H and O–H groups in total. The van der Waals surface area contributed by atoms with Gasteiger partial charge in [0.1, 0.15) is 17.3 Å². The molecule has 1 heterocycles. The highest BCUT2D eigenvalue weighted by molar-refractivity contribution is 5.94. The third-order valence-corrected chi connectivity index (χ3v) is 5.38. The van der Waals surface area contributed by atoms with Gasteiger partial charge in [0.25, 0.3) is 5.91 Å². The first-order valence-electron chi connectivity index (χ1n) is 10.1. The second-order valence-corrected chi connectivity index (χ2v) is 7.43. The first-order valence-corrected chi connectivity index (χ1v) is 10.1. The largest absolute Gasteiger partial charge is 0.457 e. The van der Waals surface area contributed by atoms with E-state index in [4.69, 9.17) is 4.74 Å². The van der Waals surface area contributed by atoms with Crippen LogP contribution in [-0.4, -0.2) is 23.9 Å². The molecule has 0 aromatic heterocycles. The van der Waals surface area contributed by atoms with E-state index in [0.29, 0.717) is 17.9 Å². The van der Waals surface area contributed by atoms with Gasteiger partial charge in [-0.3, -0.25) is 4.79 Å². The number of para-hydroxylation sites is 1. The molecule has 1 saturated heterocycles. The minimum atomic E-state index is -0.229. The molecular formula is C25H24FNO2. The van der Waals surface area contributed by atoms with E-state index in [-0.39, 0.29) is 17.6 Å². The normalized spacial score (nSPS) is 16.9. The second-order valence-electron chi connectivity index (χ2n) is 7.43. The van der Waals surface area contributed by atoms with Crippen molar-refractivity contribution in [2.24, 2.45) is 0 Å². The minimum Gasteiger partial charge on any atom is -0.457 e. The minimum absolute atomic E-state index is 0.0327. The number of ether oxygens (including phenoxy) is 1. The van der Waals surface area contributed by atoms with Crippen molar-refractivity contribution < 1.29 is 13.9 Å². The number of hydrogen-bond donors (Lipinski definition) is 0. The predicted octanol–water partition coefficient (Wildman–Crippen LogP) is 6.03. The average molecular weight is 389 g/mol. The molecule has 3 aromatic carbocycles. The molecule has 29 heavy (non-hydrogen) atoms. The van der Waals surface area contributed by atoms with Gasteiger partial charge in [-0.2, -0.15) is 0 Å². The summed E-state index contributed by atoms with van der Waals surface area (Å²) < 4.78 is 19.1. The zero-order valence-electron chi connectivity index (χ0n) is 16.3. The Balaban J connectivity index is 1.45. The molecule has 1 unspecified atom stereocenters. The van der Waals surface area contributed by atoms with Crippen LogP contribution in [0.25, 0.3) is 0 Å². The number of halogens is 1. The van der Waals surface area contributed by atoms with Gasteiger partial charge in [-0.1, -0.05) is 36.8 Å². The maximum atomic E-state index is 13.3. The van der Waals surface area contributed by atoms with Crippen molar-refractivity contribution in [3.8, 4) is 11.5 Å². The molecule has 1 aliphatic rings. The summed E-state index contributed by atoms with van der Waals surface area (Å²) in [6.07, 6.45) is 3.06. The highest BCUT2D eigenvalue weighted by Crippen LogP contribution is 2.28. The van der Waals surface area contributed by atoms with Gasteiger partial charge in [0.2, 0.25) is 0 Å². The maximum absolute atomic E-state index is 13.3. The molecule has 3 nitrogen and oxygen atoms in total. The molecule has 0 bridgehead atoms. The van der Waals surface area contributed by atoms with Gasteiger partial charge in [-0.15, -0.1) is 0 Å². The lowest BCUT2D eigenvalue weighted by Crippen LogP contribution is -2.34. The Morgan fingerprint density at radius 1 is 0.862 bits per heavy atom. The van der Waals surface area contributed by atoms with E-state index >= 15 is 0 Å². The van der Waals surface area contributed by atoms with Gasteiger partial charge in [0.15, 0.2) is 0 Å². The lowest BCUT2D eigenvalue weighted by molar-refractivity contribution is 0.0754. The van der Waals surface area contributed by atoms with Gasteiger partial charge in [0.05, 0.1) is 0 Å². The first kappa shape index (κ1) is 19.2. The molecular weight excluding hydrogens is 365 g/mol. The number of benzene rings is 3. The smallest absolute Gasteiger partial charge is 0.253 e. The number of carbonyl (C=O) groups excluding carboxylic acids is 1. The molecule has 0 spiro atoms. The van der Waals surface area contributed by atoms with Gasteiger partial charge in [0, 0.05) is 24.6 Å². The summed E-state index contributed by atoms with van der Waals surface area (Å²) in [5.41, 5.74) is 1.75. The third-order valence-electron chi connectivity index (χ3n) is 5.38. The Morgan fingerprint density at radius 3 is 2.28 bits per heavy atom. The Kier molecular flexibility index (Phi) is 5.89. The summed E-state index contributed by atoms with van der Waals surface area (Å²) in [5, 5.41) is 0.